The molecule has 0 aromatic carbocycles. The quantitative estimate of drug-likeness (QED) is 0.0292. The Morgan fingerprint density at radius 1 is 0.419 bits per heavy atom. The van der Waals surface area contributed by atoms with Crippen LogP contribution in [0.1, 0.15) is 226 Å². The third kappa shape index (κ3) is 41.5. The summed E-state index contributed by atoms with van der Waals surface area (Å²) in [4.78, 5) is 0. The summed E-state index contributed by atoms with van der Waals surface area (Å²) < 4.78 is 37.6. The van der Waals surface area contributed by atoms with Gasteiger partial charge in [0.25, 0.3) is 0 Å². The van der Waals surface area contributed by atoms with E-state index in [2.05, 4.69) is 18.0 Å². The van der Waals surface area contributed by atoms with Crippen molar-refractivity contribution >= 4 is 10.4 Å². The zero-order valence-electron chi connectivity index (χ0n) is 29.7. The molecule has 0 aliphatic heterocycles. The summed E-state index contributed by atoms with van der Waals surface area (Å²) >= 11 is 0. The molecule has 0 bridgehead atoms. The maximum absolute atomic E-state index is 11.0. The molecule has 0 saturated carbocycles. The molecule has 6 heteroatoms. The molecule has 0 N–H and O–H groups in total. The second kappa shape index (κ2) is 38.0. The van der Waals surface area contributed by atoms with Crippen molar-refractivity contribution < 1.29 is 68.5 Å². The van der Waals surface area contributed by atoms with Gasteiger partial charge < -0.3 is 4.55 Å². The first-order valence-corrected chi connectivity index (χ1v) is 20.4. The minimum absolute atomic E-state index is 0. The molecule has 0 rings (SSSR count). The minimum atomic E-state index is -4.59. The van der Waals surface area contributed by atoms with E-state index in [1.807, 2.05) is 0 Å². The van der Waals surface area contributed by atoms with Crippen LogP contribution in [-0.4, -0.2) is 19.6 Å². The van der Waals surface area contributed by atoms with E-state index < -0.39 is 10.4 Å². The average Bonchev–Trinajstić information content (AvgIpc) is 2.96. The van der Waals surface area contributed by atoms with E-state index in [-0.39, 0.29) is 63.9 Å². The molecular formula is C37H75KO4S. The van der Waals surface area contributed by atoms with E-state index in [1.54, 1.807) is 0 Å². The monoisotopic (exact) mass is 655 g/mol. The van der Waals surface area contributed by atoms with E-state index in [4.69, 9.17) is 0 Å². The molecule has 0 aliphatic carbocycles. The first-order valence-electron chi connectivity index (χ1n) is 19.1. The van der Waals surface area contributed by atoms with Gasteiger partial charge in [0.15, 0.2) is 0 Å². The summed E-state index contributed by atoms with van der Waals surface area (Å²) in [6.07, 6.45) is 43.9. The molecule has 0 spiro atoms. The number of rotatable bonds is 36. The Morgan fingerprint density at radius 3 is 0.837 bits per heavy atom. The molecule has 43 heavy (non-hydrogen) atoms. The van der Waals surface area contributed by atoms with Crippen molar-refractivity contribution in [3.63, 3.8) is 0 Å². The van der Waals surface area contributed by atoms with Gasteiger partial charge in [-0.3, -0.25) is 4.18 Å². The van der Waals surface area contributed by atoms with Crippen molar-refractivity contribution in [1.29, 1.82) is 0 Å². The van der Waals surface area contributed by atoms with E-state index in [9.17, 15) is 13.0 Å². The van der Waals surface area contributed by atoms with Crippen LogP contribution < -0.4 is 51.4 Å². The van der Waals surface area contributed by atoms with Gasteiger partial charge in [0.2, 0.25) is 10.4 Å². The van der Waals surface area contributed by atoms with Crippen molar-refractivity contribution in [2.24, 2.45) is 5.92 Å². The van der Waals surface area contributed by atoms with Gasteiger partial charge >= 0.3 is 51.4 Å². The Balaban J connectivity index is 0. The molecular weight excluding hydrogens is 580 g/mol. The zero-order valence-corrected chi connectivity index (χ0v) is 33.6. The van der Waals surface area contributed by atoms with Gasteiger partial charge in [-0.2, -0.15) is 0 Å². The molecule has 1 atom stereocenters. The summed E-state index contributed by atoms with van der Waals surface area (Å²) in [5, 5.41) is 0. The number of hydrogen-bond acceptors (Lipinski definition) is 4. The summed E-state index contributed by atoms with van der Waals surface area (Å²) in [5.41, 5.74) is 0. The van der Waals surface area contributed by atoms with E-state index in [0.717, 1.165) is 25.7 Å². The third-order valence-electron chi connectivity index (χ3n) is 9.13. The molecule has 0 amide bonds. The molecule has 0 aromatic heterocycles. The van der Waals surface area contributed by atoms with Crippen LogP contribution in [0.15, 0.2) is 0 Å². The van der Waals surface area contributed by atoms with Crippen LogP contribution in [0, 0.1) is 5.92 Å². The van der Waals surface area contributed by atoms with Crippen molar-refractivity contribution in [3.8, 4) is 0 Å². The van der Waals surface area contributed by atoms with Crippen molar-refractivity contribution in [3.05, 3.63) is 0 Å². The number of unbranched alkanes of at least 4 members (excludes halogenated alkanes) is 29. The Kier molecular flexibility index (Phi) is 41.2. The van der Waals surface area contributed by atoms with Gasteiger partial charge in [0, 0.05) is 0 Å². The fourth-order valence-corrected chi connectivity index (χ4v) is 6.64. The first kappa shape index (κ1) is 46.6. The van der Waals surface area contributed by atoms with Crippen LogP contribution in [0.3, 0.4) is 0 Å². The van der Waals surface area contributed by atoms with Crippen molar-refractivity contribution in [2.75, 3.05) is 6.61 Å². The van der Waals surface area contributed by atoms with E-state index >= 15 is 0 Å². The smallest absolute Gasteiger partial charge is 0.726 e. The second-order valence-corrected chi connectivity index (χ2v) is 14.4. The van der Waals surface area contributed by atoms with Crippen LogP contribution >= 0.6 is 0 Å². The summed E-state index contributed by atoms with van der Waals surface area (Å²) in [6, 6.07) is 0. The Morgan fingerprint density at radius 2 is 0.628 bits per heavy atom. The Labute approximate surface area is 314 Å². The maximum atomic E-state index is 11.0. The minimum Gasteiger partial charge on any atom is -0.726 e. The van der Waals surface area contributed by atoms with Gasteiger partial charge in [0.1, 0.15) is 0 Å². The average molecular weight is 655 g/mol. The maximum Gasteiger partial charge on any atom is 1.00 e. The molecule has 0 aliphatic rings. The normalized spacial score (nSPS) is 12.4. The summed E-state index contributed by atoms with van der Waals surface area (Å²) in [5.74, 6) is 0.197. The second-order valence-electron chi connectivity index (χ2n) is 13.4. The fraction of sp³-hybridized carbons (Fsp3) is 1.00. The Hall–Kier alpha value is 1.51. The van der Waals surface area contributed by atoms with E-state index in [1.165, 1.54) is 186 Å². The van der Waals surface area contributed by atoms with Gasteiger partial charge in [-0.15, -0.1) is 0 Å². The fourth-order valence-electron chi connectivity index (χ4n) is 6.28. The molecule has 1 unspecified atom stereocenters. The molecule has 0 radical (unpaired) electrons. The van der Waals surface area contributed by atoms with Gasteiger partial charge in [-0.25, -0.2) is 8.42 Å². The molecule has 0 saturated heterocycles. The topological polar surface area (TPSA) is 66.4 Å². The van der Waals surface area contributed by atoms with Crippen LogP contribution in [0.4, 0.5) is 0 Å². The van der Waals surface area contributed by atoms with Crippen molar-refractivity contribution in [2.45, 2.75) is 226 Å². The van der Waals surface area contributed by atoms with Crippen molar-refractivity contribution in [1.82, 2.24) is 0 Å². The SMILES string of the molecule is CCCCCCCCCCCCCCCCCCCC(CCCCCCCCCCCCCCCC)COS(=O)(=O)[O-].[K+]. The molecule has 4 nitrogen and oxygen atoms in total. The zero-order chi connectivity index (χ0) is 30.8. The predicted octanol–water partition coefficient (Wildman–Crippen LogP) is 10.00. The summed E-state index contributed by atoms with van der Waals surface area (Å²) in [6.45, 7) is 4.63. The van der Waals surface area contributed by atoms with Gasteiger partial charge in [0.05, 0.1) is 6.61 Å². The molecule has 254 valence electrons. The largest absolute Gasteiger partial charge is 1.00 e. The Bertz CT molecular complexity index is 614. The third-order valence-corrected chi connectivity index (χ3v) is 9.55. The van der Waals surface area contributed by atoms with E-state index in [0.29, 0.717) is 0 Å². The molecule has 0 heterocycles. The first-order chi connectivity index (χ1) is 20.5. The van der Waals surface area contributed by atoms with Crippen LogP contribution in [0.2, 0.25) is 0 Å². The standard InChI is InChI=1S/C37H76O4S.K/c1-3-5-7-9-11-13-15-17-19-20-21-23-25-27-29-31-33-35-37(36-41-42(38,39)40)34-32-30-28-26-24-22-18-16-14-12-10-8-6-4-2;/h37H,3-36H2,1-2H3,(H,38,39,40);/q;+1/p-1. The predicted molar refractivity (Wildman–Crippen MR) is 183 cm³/mol. The van der Waals surface area contributed by atoms with Crippen LogP contribution in [0.5, 0.6) is 0 Å². The van der Waals surface area contributed by atoms with Crippen LogP contribution in [-0.2, 0) is 14.6 Å². The van der Waals surface area contributed by atoms with Gasteiger partial charge in [-0.1, -0.05) is 213 Å². The van der Waals surface area contributed by atoms with Gasteiger partial charge in [-0.05, 0) is 18.8 Å². The summed E-state index contributed by atoms with van der Waals surface area (Å²) in [7, 11) is -4.59. The van der Waals surface area contributed by atoms with Crippen LogP contribution in [0.25, 0.3) is 0 Å². The molecule has 0 aromatic rings. The number of hydrogen-bond donors (Lipinski definition) is 0. The molecule has 0 fully saturated rings.